The molecule has 0 saturated carbocycles. The quantitative estimate of drug-likeness (QED) is 0.423. The van der Waals surface area contributed by atoms with Gasteiger partial charge in [-0.05, 0) is 59.9 Å². The molecule has 0 spiro atoms. The van der Waals surface area contributed by atoms with Gasteiger partial charge >= 0.3 is 0 Å². The third-order valence-electron chi connectivity index (χ3n) is 6.81. The molecule has 0 radical (unpaired) electrons. The maximum atomic E-state index is 13.5. The molecule has 10 heteroatoms. The van der Waals surface area contributed by atoms with Crippen LogP contribution in [0, 0.1) is 17.6 Å². The number of aliphatic hydroxyl groups excluding tert-OH is 1. The number of aliphatic hydroxyl groups is 1. The Morgan fingerprint density at radius 3 is 2.22 bits per heavy atom. The fourth-order valence-corrected chi connectivity index (χ4v) is 5.62. The first-order valence-electron chi connectivity index (χ1n) is 12.1. The second-order valence-electron chi connectivity index (χ2n) is 9.92. The average molecular weight is 546 g/mol. The van der Waals surface area contributed by atoms with Gasteiger partial charge in [0.2, 0.25) is 10.0 Å². The zero-order valence-electron chi connectivity index (χ0n) is 21.0. The van der Waals surface area contributed by atoms with E-state index in [1.165, 1.54) is 28.3 Å². The van der Waals surface area contributed by atoms with Crippen molar-refractivity contribution >= 4 is 22.4 Å². The molecule has 36 heavy (non-hydrogen) atoms. The van der Waals surface area contributed by atoms with E-state index in [0.29, 0.717) is 37.4 Å². The van der Waals surface area contributed by atoms with Crippen LogP contribution in [0.5, 0.6) is 0 Å². The third-order valence-corrected chi connectivity index (χ3v) is 8.11. The summed E-state index contributed by atoms with van der Waals surface area (Å²) >= 11 is 0. The molecule has 3 atom stereocenters. The fourth-order valence-electron chi connectivity index (χ4n) is 4.75. The maximum Gasteiger partial charge on any atom is 0.211 e. The molecular formula is C26H38ClF2N3O3S. The number of sulfonamides is 1. The van der Waals surface area contributed by atoms with E-state index in [1.54, 1.807) is 0 Å². The number of hydrogen-bond acceptors (Lipinski definition) is 5. The van der Waals surface area contributed by atoms with Crippen molar-refractivity contribution in [3.63, 3.8) is 0 Å². The first kappa shape index (κ1) is 30.6. The number of benzene rings is 2. The minimum absolute atomic E-state index is 0. The Kier molecular flexibility index (Phi) is 11.3. The van der Waals surface area contributed by atoms with Gasteiger partial charge in [-0.1, -0.05) is 38.1 Å². The van der Waals surface area contributed by atoms with E-state index in [1.807, 2.05) is 12.1 Å². The summed E-state index contributed by atoms with van der Waals surface area (Å²) in [6, 6.07) is 10.8. The number of nitrogens with zero attached hydrogens (tertiary/aromatic N) is 1. The van der Waals surface area contributed by atoms with Crippen LogP contribution in [-0.2, 0) is 16.4 Å². The number of piperidine rings is 1. The number of rotatable bonds is 10. The van der Waals surface area contributed by atoms with Gasteiger partial charge in [-0.15, -0.1) is 12.4 Å². The Balaban J connectivity index is 0.00000456. The van der Waals surface area contributed by atoms with Crippen molar-refractivity contribution in [2.75, 3.05) is 25.9 Å². The average Bonchev–Trinajstić information content (AvgIpc) is 2.78. The van der Waals surface area contributed by atoms with Crippen LogP contribution in [0.3, 0.4) is 0 Å². The summed E-state index contributed by atoms with van der Waals surface area (Å²) in [6.07, 6.45) is 1.82. The highest BCUT2D eigenvalue weighted by molar-refractivity contribution is 7.88. The number of halogens is 3. The zero-order valence-corrected chi connectivity index (χ0v) is 22.7. The number of nitrogens with two attached hydrogens (primary N) is 1. The van der Waals surface area contributed by atoms with Crippen molar-refractivity contribution < 1.29 is 22.3 Å². The molecule has 3 rings (SSSR count). The lowest BCUT2D eigenvalue weighted by Gasteiger charge is -2.36. The highest BCUT2D eigenvalue weighted by Gasteiger charge is 2.31. The van der Waals surface area contributed by atoms with E-state index >= 15 is 0 Å². The van der Waals surface area contributed by atoms with Crippen LogP contribution in [0.25, 0.3) is 0 Å². The van der Waals surface area contributed by atoms with Crippen LogP contribution >= 0.6 is 12.4 Å². The van der Waals surface area contributed by atoms with Gasteiger partial charge in [-0.3, -0.25) is 0 Å². The smallest absolute Gasteiger partial charge is 0.211 e. The predicted molar refractivity (Wildman–Crippen MR) is 142 cm³/mol. The summed E-state index contributed by atoms with van der Waals surface area (Å²) < 4.78 is 52.5. The lowest BCUT2D eigenvalue weighted by molar-refractivity contribution is 0.128. The summed E-state index contributed by atoms with van der Waals surface area (Å²) in [5.41, 5.74) is 8.85. The first-order valence-corrected chi connectivity index (χ1v) is 14.0. The molecule has 4 N–H and O–H groups in total. The molecule has 1 aliphatic rings. The van der Waals surface area contributed by atoms with Crippen molar-refractivity contribution in [2.24, 2.45) is 11.7 Å². The standard InChI is InChI=1S/C26H37F2N3O3S.ClH/c1-17(2)20-5-4-6-21(14-20)26(19-7-9-31(10-8-19)35(3,33)34)30-16-25(32)24(29)13-18-11-22(27)15-23(28)12-18;/h4-6,11-12,14-15,17,19,24-26,30,32H,7-10,13,16,29H2,1-3H3;1H/t24?,25-,26+;/m1./s1. The molecule has 0 aliphatic carbocycles. The monoisotopic (exact) mass is 545 g/mol. The van der Waals surface area contributed by atoms with Crippen LogP contribution in [0.4, 0.5) is 8.78 Å². The third kappa shape index (κ3) is 8.46. The number of hydrogen-bond donors (Lipinski definition) is 3. The Bertz CT molecular complexity index is 1080. The van der Waals surface area contributed by atoms with Crippen LogP contribution < -0.4 is 11.1 Å². The van der Waals surface area contributed by atoms with Crippen LogP contribution in [0.1, 0.15) is 55.3 Å². The summed E-state index contributed by atoms with van der Waals surface area (Å²) in [6.45, 7) is 5.37. The fraction of sp³-hybridized carbons (Fsp3) is 0.538. The molecule has 1 unspecified atom stereocenters. The topological polar surface area (TPSA) is 95.7 Å². The number of nitrogens with one attached hydrogen (secondary N) is 1. The van der Waals surface area contributed by atoms with Crippen molar-refractivity contribution in [3.8, 4) is 0 Å². The summed E-state index contributed by atoms with van der Waals surface area (Å²) in [7, 11) is -3.23. The van der Waals surface area contributed by atoms with Gasteiger partial charge in [0.1, 0.15) is 11.6 Å². The van der Waals surface area contributed by atoms with Gasteiger partial charge in [-0.25, -0.2) is 21.5 Å². The Labute approximate surface area is 219 Å². The van der Waals surface area contributed by atoms with Crippen LogP contribution in [0.2, 0.25) is 0 Å². The molecule has 1 saturated heterocycles. The Morgan fingerprint density at radius 2 is 1.67 bits per heavy atom. The van der Waals surface area contributed by atoms with Crippen LogP contribution in [0.15, 0.2) is 42.5 Å². The van der Waals surface area contributed by atoms with Gasteiger partial charge < -0.3 is 16.2 Å². The van der Waals surface area contributed by atoms with Gasteiger partial charge in [0.15, 0.2) is 0 Å². The molecule has 2 aromatic carbocycles. The molecule has 6 nitrogen and oxygen atoms in total. The molecule has 0 aromatic heterocycles. The van der Waals surface area contributed by atoms with E-state index in [4.69, 9.17) is 5.73 Å². The SMILES string of the molecule is CC(C)c1cccc([C@@H](NC[C@@H](O)C(N)Cc2cc(F)cc(F)c2)C2CCN(S(C)(=O)=O)CC2)c1.Cl. The van der Waals surface area contributed by atoms with Crippen molar-refractivity contribution in [1.82, 2.24) is 9.62 Å². The van der Waals surface area contributed by atoms with E-state index in [0.717, 1.165) is 11.6 Å². The summed E-state index contributed by atoms with van der Waals surface area (Å²) in [5, 5.41) is 14.2. The molecule has 0 bridgehead atoms. The minimum Gasteiger partial charge on any atom is -0.390 e. The summed E-state index contributed by atoms with van der Waals surface area (Å²) in [4.78, 5) is 0. The molecule has 1 aliphatic heterocycles. The Morgan fingerprint density at radius 1 is 1.08 bits per heavy atom. The largest absolute Gasteiger partial charge is 0.390 e. The lowest BCUT2D eigenvalue weighted by atomic mass is 9.84. The van der Waals surface area contributed by atoms with Crippen molar-refractivity contribution in [1.29, 1.82) is 0 Å². The highest BCUT2D eigenvalue weighted by atomic mass is 35.5. The van der Waals surface area contributed by atoms with E-state index in [2.05, 4.69) is 31.3 Å². The van der Waals surface area contributed by atoms with Crippen molar-refractivity contribution in [2.45, 2.75) is 57.2 Å². The van der Waals surface area contributed by atoms with Gasteiger partial charge in [0.05, 0.1) is 12.4 Å². The molecule has 2 aromatic rings. The molecule has 202 valence electrons. The second kappa shape index (κ2) is 13.3. The van der Waals surface area contributed by atoms with Crippen molar-refractivity contribution in [3.05, 3.63) is 70.8 Å². The molecule has 0 amide bonds. The van der Waals surface area contributed by atoms with Gasteiger partial charge in [0, 0.05) is 37.8 Å². The van der Waals surface area contributed by atoms with E-state index < -0.39 is 33.8 Å². The van der Waals surface area contributed by atoms with Gasteiger partial charge in [0.25, 0.3) is 0 Å². The maximum absolute atomic E-state index is 13.5. The molecule has 1 fully saturated rings. The normalized spacial score (nSPS) is 18.0. The second-order valence-corrected chi connectivity index (χ2v) is 11.9. The Hall–Kier alpha value is -1.62. The van der Waals surface area contributed by atoms with Crippen LogP contribution in [-0.4, -0.2) is 55.9 Å². The highest BCUT2D eigenvalue weighted by Crippen LogP contribution is 2.33. The predicted octanol–water partition coefficient (Wildman–Crippen LogP) is 3.74. The molecular weight excluding hydrogens is 508 g/mol. The molecule has 1 heterocycles. The van der Waals surface area contributed by atoms with Gasteiger partial charge in [-0.2, -0.15) is 0 Å². The van der Waals surface area contributed by atoms with E-state index in [-0.39, 0.29) is 37.3 Å². The van der Waals surface area contributed by atoms with E-state index in [9.17, 15) is 22.3 Å². The minimum atomic E-state index is -3.23. The lowest BCUT2D eigenvalue weighted by Crippen LogP contribution is -2.46. The zero-order chi connectivity index (χ0) is 25.8. The first-order chi connectivity index (χ1) is 16.4. The summed E-state index contributed by atoms with van der Waals surface area (Å²) in [5.74, 6) is -0.819.